The van der Waals surface area contributed by atoms with Crippen molar-refractivity contribution in [3.05, 3.63) is 59.7 Å². The van der Waals surface area contributed by atoms with Gasteiger partial charge in [0.1, 0.15) is 5.75 Å². The van der Waals surface area contributed by atoms with Gasteiger partial charge >= 0.3 is 6.61 Å². The summed E-state index contributed by atoms with van der Waals surface area (Å²) >= 11 is 1.37. The van der Waals surface area contributed by atoms with E-state index < -0.39 is 6.61 Å². The van der Waals surface area contributed by atoms with Crippen molar-refractivity contribution in [1.29, 1.82) is 0 Å². The molecular weight excluding hydrogens is 424 g/mol. The zero-order chi connectivity index (χ0) is 21.6. The van der Waals surface area contributed by atoms with Crippen LogP contribution in [0.5, 0.6) is 5.75 Å². The second-order valence-corrected chi connectivity index (χ2v) is 8.04. The van der Waals surface area contributed by atoms with Crippen LogP contribution in [0, 0.1) is 0 Å². The molecule has 9 heteroatoms. The molecule has 1 aliphatic rings. The predicted octanol–water partition coefficient (Wildman–Crippen LogP) is 5.26. The van der Waals surface area contributed by atoms with Crippen LogP contribution in [0.15, 0.2) is 58.2 Å². The smallest absolute Gasteiger partial charge is 0.387 e. The number of aromatic nitrogens is 2. The molecule has 0 spiro atoms. The molecule has 0 N–H and O–H groups in total. The van der Waals surface area contributed by atoms with E-state index in [-0.39, 0.29) is 11.7 Å². The maximum Gasteiger partial charge on any atom is 0.387 e. The molecular formula is C22H21F2N3O3S. The molecule has 3 aromatic rings. The molecule has 6 nitrogen and oxygen atoms in total. The van der Waals surface area contributed by atoms with Crippen molar-refractivity contribution >= 4 is 17.7 Å². The molecule has 1 saturated heterocycles. The summed E-state index contributed by atoms with van der Waals surface area (Å²) in [6.07, 6.45) is 3.30. The Kier molecular flexibility index (Phi) is 6.81. The third-order valence-electron chi connectivity index (χ3n) is 4.91. The van der Waals surface area contributed by atoms with Gasteiger partial charge in [0.15, 0.2) is 0 Å². The Balaban J connectivity index is 1.37. The van der Waals surface area contributed by atoms with Crippen molar-refractivity contribution in [2.75, 3.05) is 13.1 Å². The van der Waals surface area contributed by atoms with Crippen LogP contribution in [-0.4, -0.2) is 40.7 Å². The maximum atomic E-state index is 12.7. The second-order valence-electron chi connectivity index (χ2n) is 7.12. The van der Waals surface area contributed by atoms with Crippen LogP contribution in [0.4, 0.5) is 8.78 Å². The Morgan fingerprint density at radius 1 is 1.10 bits per heavy atom. The average Bonchev–Trinajstić information content (AvgIpc) is 3.27. The average molecular weight is 445 g/mol. The zero-order valence-electron chi connectivity index (χ0n) is 16.7. The van der Waals surface area contributed by atoms with Crippen molar-refractivity contribution in [2.45, 2.75) is 36.8 Å². The maximum absolute atomic E-state index is 12.7. The third kappa shape index (κ3) is 5.61. The summed E-state index contributed by atoms with van der Waals surface area (Å²) in [4.78, 5) is 14.6. The number of benzene rings is 2. The highest BCUT2D eigenvalue weighted by Gasteiger charge is 2.18. The third-order valence-corrected chi connectivity index (χ3v) is 5.80. The molecule has 1 aliphatic heterocycles. The number of amides is 1. The molecule has 1 aromatic heterocycles. The first kappa shape index (κ1) is 21.3. The van der Waals surface area contributed by atoms with Crippen molar-refractivity contribution in [3.63, 3.8) is 0 Å². The molecule has 162 valence electrons. The van der Waals surface area contributed by atoms with Crippen LogP contribution in [0.2, 0.25) is 0 Å². The van der Waals surface area contributed by atoms with E-state index in [1.54, 1.807) is 12.1 Å². The van der Waals surface area contributed by atoms with Crippen LogP contribution in [-0.2, 0) is 5.75 Å². The summed E-state index contributed by atoms with van der Waals surface area (Å²) < 4.78 is 34.5. The summed E-state index contributed by atoms with van der Waals surface area (Å²) in [5.41, 5.74) is 2.29. The minimum atomic E-state index is -2.87. The number of hydrogen-bond acceptors (Lipinski definition) is 6. The molecule has 0 saturated carbocycles. The zero-order valence-corrected chi connectivity index (χ0v) is 17.5. The number of nitrogens with zero attached hydrogens (tertiary/aromatic N) is 3. The largest absolute Gasteiger partial charge is 0.435 e. The SMILES string of the molecule is O=C(c1cccc(CSc2nnc(-c3ccc(OC(F)F)cc3)o2)c1)N1CCCCC1. The number of carbonyl (C=O) groups excluding carboxylic acids is 1. The van der Waals surface area contributed by atoms with Gasteiger partial charge in [-0.1, -0.05) is 23.9 Å². The van der Waals surface area contributed by atoms with Gasteiger partial charge in [-0.25, -0.2) is 0 Å². The van der Waals surface area contributed by atoms with E-state index in [9.17, 15) is 13.6 Å². The Labute approximate surface area is 182 Å². The normalized spacial score (nSPS) is 14.1. The molecule has 0 bridgehead atoms. The van der Waals surface area contributed by atoms with Gasteiger partial charge in [-0.3, -0.25) is 4.79 Å². The number of carbonyl (C=O) groups is 1. The number of alkyl halides is 2. The molecule has 31 heavy (non-hydrogen) atoms. The fraction of sp³-hybridized carbons (Fsp3) is 0.318. The minimum Gasteiger partial charge on any atom is -0.435 e. The number of rotatable bonds is 7. The van der Waals surface area contributed by atoms with Gasteiger partial charge < -0.3 is 14.1 Å². The first-order valence-corrected chi connectivity index (χ1v) is 11.0. The monoisotopic (exact) mass is 445 g/mol. The van der Waals surface area contributed by atoms with Crippen LogP contribution in [0.1, 0.15) is 35.2 Å². The number of thioether (sulfide) groups is 1. The van der Waals surface area contributed by atoms with E-state index in [0.717, 1.165) is 31.5 Å². The van der Waals surface area contributed by atoms with Crippen molar-refractivity contribution in [2.24, 2.45) is 0 Å². The second kappa shape index (κ2) is 9.91. The molecule has 0 aliphatic carbocycles. The highest BCUT2D eigenvalue weighted by molar-refractivity contribution is 7.98. The van der Waals surface area contributed by atoms with Gasteiger partial charge in [0.2, 0.25) is 5.89 Å². The number of piperidine rings is 1. The van der Waals surface area contributed by atoms with Crippen LogP contribution >= 0.6 is 11.8 Å². The quantitative estimate of drug-likeness (QED) is 0.463. The van der Waals surface area contributed by atoms with E-state index in [2.05, 4.69) is 14.9 Å². The molecule has 1 amide bonds. The first-order valence-electron chi connectivity index (χ1n) is 9.98. The lowest BCUT2D eigenvalue weighted by Gasteiger charge is -2.26. The molecule has 1 fully saturated rings. The Bertz CT molecular complexity index is 1020. The number of likely N-dealkylation sites (tertiary alicyclic amines) is 1. The lowest BCUT2D eigenvalue weighted by atomic mass is 10.1. The van der Waals surface area contributed by atoms with Gasteiger partial charge in [0.05, 0.1) is 0 Å². The van der Waals surface area contributed by atoms with Crippen LogP contribution < -0.4 is 4.74 Å². The number of hydrogen-bond donors (Lipinski definition) is 0. The summed E-state index contributed by atoms with van der Waals surface area (Å²) in [5.74, 6) is 1.00. The van der Waals surface area contributed by atoms with E-state index in [0.29, 0.717) is 28.0 Å². The van der Waals surface area contributed by atoms with Crippen LogP contribution in [0.3, 0.4) is 0 Å². The van der Waals surface area contributed by atoms with Crippen LogP contribution in [0.25, 0.3) is 11.5 Å². The lowest BCUT2D eigenvalue weighted by molar-refractivity contribution is -0.0498. The standard InChI is InChI=1S/C22H21F2N3O3S/c23-21(24)29-18-9-7-16(8-10-18)19-25-26-22(30-19)31-14-15-5-4-6-17(13-15)20(28)27-11-2-1-3-12-27/h4-10,13,21H,1-3,11-12,14H2. The van der Waals surface area contributed by atoms with Crippen molar-refractivity contribution in [1.82, 2.24) is 15.1 Å². The summed E-state index contributed by atoms with van der Waals surface area (Å²) in [6.45, 7) is -1.23. The van der Waals surface area contributed by atoms with Crippen molar-refractivity contribution < 1.29 is 22.7 Å². The van der Waals surface area contributed by atoms with E-state index >= 15 is 0 Å². The fourth-order valence-electron chi connectivity index (χ4n) is 3.38. The summed E-state index contributed by atoms with van der Waals surface area (Å²) in [6, 6.07) is 13.6. The summed E-state index contributed by atoms with van der Waals surface area (Å²) in [5, 5.41) is 8.42. The minimum absolute atomic E-state index is 0.0619. The summed E-state index contributed by atoms with van der Waals surface area (Å²) in [7, 11) is 0. The highest BCUT2D eigenvalue weighted by Crippen LogP contribution is 2.27. The Morgan fingerprint density at radius 3 is 2.61 bits per heavy atom. The van der Waals surface area contributed by atoms with Gasteiger partial charge in [0, 0.05) is 30.0 Å². The fourth-order valence-corrected chi connectivity index (χ4v) is 4.09. The van der Waals surface area contributed by atoms with E-state index in [1.807, 2.05) is 29.2 Å². The lowest BCUT2D eigenvalue weighted by Crippen LogP contribution is -2.35. The molecule has 0 atom stereocenters. The molecule has 0 unspecified atom stereocenters. The van der Waals surface area contributed by atoms with Gasteiger partial charge in [-0.2, -0.15) is 8.78 Å². The predicted molar refractivity (Wildman–Crippen MR) is 112 cm³/mol. The number of ether oxygens (including phenoxy) is 1. The van der Waals surface area contributed by atoms with Gasteiger partial charge in [-0.05, 0) is 61.2 Å². The topological polar surface area (TPSA) is 68.5 Å². The Hall–Kier alpha value is -2.94. The van der Waals surface area contributed by atoms with Gasteiger partial charge in [0.25, 0.3) is 11.1 Å². The molecule has 0 radical (unpaired) electrons. The van der Waals surface area contributed by atoms with E-state index in [4.69, 9.17) is 4.42 Å². The number of halogens is 2. The first-order chi connectivity index (χ1) is 15.1. The van der Waals surface area contributed by atoms with E-state index in [1.165, 1.54) is 30.3 Å². The molecule has 2 heterocycles. The molecule has 2 aromatic carbocycles. The highest BCUT2D eigenvalue weighted by atomic mass is 32.2. The molecule has 4 rings (SSSR count). The van der Waals surface area contributed by atoms with Crippen molar-refractivity contribution in [3.8, 4) is 17.2 Å². The Morgan fingerprint density at radius 2 is 1.87 bits per heavy atom. The van der Waals surface area contributed by atoms with Gasteiger partial charge in [-0.15, -0.1) is 10.2 Å².